The molecule has 0 spiro atoms. The van der Waals surface area contributed by atoms with Gasteiger partial charge in [-0.15, -0.1) is 0 Å². The van der Waals surface area contributed by atoms with Gasteiger partial charge in [0.25, 0.3) is 0 Å². The van der Waals surface area contributed by atoms with Crippen LogP contribution in [0.4, 0.5) is 0 Å². The number of nitrogens with one attached hydrogen (secondary N) is 1. The van der Waals surface area contributed by atoms with E-state index >= 15 is 0 Å². The van der Waals surface area contributed by atoms with E-state index in [1.165, 1.54) is 0 Å². The van der Waals surface area contributed by atoms with Crippen molar-refractivity contribution in [2.24, 2.45) is 13.0 Å². The zero-order valence-electron chi connectivity index (χ0n) is 11.2. The molecular formula is C13H21N3O2. The SMILES string of the molecule is Cc1nn(C)c(C)c1CC(=O)NCC(O)C1CC1. The Kier molecular flexibility index (Phi) is 3.71. The normalized spacial score (nSPS) is 16.7. The second-order valence-electron chi connectivity index (χ2n) is 5.16. The van der Waals surface area contributed by atoms with E-state index in [1.807, 2.05) is 20.9 Å². The number of hydrogen-bond acceptors (Lipinski definition) is 3. The van der Waals surface area contributed by atoms with Crippen LogP contribution in [0.3, 0.4) is 0 Å². The van der Waals surface area contributed by atoms with Gasteiger partial charge in [-0.25, -0.2) is 0 Å². The number of aryl methyl sites for hydroxylation is 2. The van der Waals surface area contributed by atoms with Crippen molar-refractivity contribution in [3.63, 3.8) is 0 Å². The Morgan fingerprint density at radius 3 is 2.72 bits per heavy atom. The Labute approximate surface area is 107 Å². The van der Waals surface area contributed by atoms with Crippen LogP contribution >= 0.6 is 0 Å². The van der Waals surface area contributed by atoms with Gasteiger partial charge in [0.2, 0.25) is 5.91 Å². The van der Waals surface area contributed by atoms with Gasteiger partial charge in [0, 0.05) is 24.8 Å². The first-order valence-electron chi connectivity index (χ1n) is 6.43. The molecule has 5 nitrogen and oxygen atoms in total. The van der Waals surface area contributed by atoms with Crippen molar-refractivity contribution < 1.29 is 9.90 Å². The summed E-state index contributed by atoms with van der Waals surface area (Å²) >= 11 is 0. The van der Waals surface area contributed by atoms with E-state index < -0.39 is 0 Å². The Morgan fingerprint density at radius 2 is 2.22 bits per heavy atom. The molecule has 2 rings (SSSR count). The third-order valence-electron chi connectivity index (χ3n) is 3.67. The first-order valence-corrected chi connectivity index (χ1v) is 6.43. The lowest BCUT2D eigenvalue weighted by atomic mass is 10.1. The fourth-order valence-corrected chi connectivity index (χ4v) is 2.16. The first-order chi connectivity index (χ1) is 8.49. The van der Waals surface area contributed by atoms with Crippen molar-refractivity contribution in [1.29, 1.82) is 0 Å². The Hall–Kier alpha value is -1.36. The minimum atomic E-state index is -0.384. The number of aliphatic hydroxyl groups is 1. The number of carbonyl (C=O) groups is 1. The van der Waals surface area contributed by atoms with Crippen LogP contribution in [-0.4, -0.2) is 33.4 Å². The van der Waals surface area contributed by atoms with Gasteiger partial charge >= 0.3 is 0 Å². The zero-order chi connectivity index (χ0) is 13.3. The van der Waals surface area contributed by atoms with Gasteiger partial charge in [0.1, 0.15) is 0 Å². The number of rotatable bonds is 5. The Morgan fingerprint density at radius 1 is 1.56 bits per heavy atom. The van der Waals surface area contributed by atoms with Crippen LogP contribution in [0.2, 0.25) is 0 Å². The van der Waals surface area contributed by atoms with Gasteiger partial charge in [0.15, 0.2) is 0 Å². The van der Waals surface area contributed by atoms with Crippen molar-refractivity contribution in [3.8, 4) is 0 Å². The number of carbonyl (C=O) groups excluding carboxylic acids is 1. The van der Waals surface area contributed by atoms with Crippen molar-refractivity contribution in [3.05, 3.63) is 17.0 Å². The summed E-state index contributed by atoms with van der Waals surface area (Å²) in [6.45, 7) is 4.23. The fraction of sp³-hybridized carbons (Fsp3) is 0.692. The molecule has 100 valence electrons. The molecule has 1 aliphatic carbocycles. The maximum atomic E-state index is 11.8. The van der Waals surface area contributed by atoms with E-state index in [0.717, 1.165) is 29.8 Å². The van der Waals surface area contributed by atoms with Gasteiger partial charge in [-0.05, 0) is 32.6 Å². The quantitative estimate of drug-likeness (QED) is 0.799. The third-order valence-corrected chi connectivity index (χ3v) is 3.67. The number of aromatic nitrogens is 2. The average Bonchev–Trinajstić information content (AvgIpc) is 3.12. The molecule has 1 aliphatic rings. The van der Waals surface area contributed by atoms with Crippen molar-refractivity contribution in [1.82, 2.24) is 15.1 Å². The molecule has 0 bridgehead atoms. The summed E-state index contributed by atoms with van der Waals surface area (Å²) in [5.74, 6) is 0.348. The van der Waals surface area contributed by atoms with Crippen LogP contribution in [0, 0.1) is 19.8 Å². The maximum absolute atomic E-state index is 11.8. The second-order valence-corrected chi connectivity index (χ2v) is 5.16. The largest absolute Gasteiger partial charge is 0.391 e. The van der Waals surface area contributed by atoms with Gasteiger partial charge in [-0.3, -0.25) is 9.48 Å². The summed E-state index contributed by atoms with van der Waals surface area (Å²) < 4.78 is 1.79. The molecule has 0 radical (unpaired) electrons. The standard InChI is InChI=1S/C13H21N3O2/c1-8-11(9(2)16(3)15-8)6-13(18)14-7-12(17)10-4-5-10/h10,12,17H,4-7H2,1-3H3,(H,14,18). The van der Waals surface area contributed by atoms with Crippen LogP contribution in [-0.2, 0) is 18.3 Å². The molecule has 1 aromatic heterocycles. The average molecular weight is 251 g/mol. The van der Waals surface area contributed by atoms with Crippen LogP contribution < -0.4 is 5.32 Å². The maximum Gasteiger partial charge on any atom is 0.224 e. The van der Waals surface area contributed by atoms with E-state index in [-0.39, 0.29) is 12.0 Å². The van der Waals surface area contributed by atoms with Crippen LogP contribution in [0.15, 0.2) is 0 Å². The van der Waals surface area contributed by atoms with Gasteiger partial charge < -0.3 is 10.4 Å². The molecule has 2 N–H and O–H groups in total. The van der Waals surface area contributed by atoms with E-state index in [2.05, 4.69) is 10.4 Å². The molecule has 18 heavy (non-hydrogen) atoms. The molecule has 1 saturated carbocycles. The summed E-state index contributed by atoms with van der Waals surface area (Å²) in [6, 6.07) is 0. The highest BCUT2D eigenvalue weighted by atomic mass is 16.3. The highest BCUT2D eigenvalue weighted by Gasteiger charge is 2.29. The molecule has 1 fully saturated rings. The minimum absolute atomic E-state index is 0.0473. The lowest BCUT2D eigenvalue weighted by Gasteiger charge is -2.10. The zero-order valence-corrected chi connectivity index (χ0v) is 11.2. The lowest BCUT2D eigenvalue weighted by molar-refractivity contribution is -0.121. The third kappa shape index (κ3) is 2.90. The van der Waals surface area contributed by atoms with Crippen molar-refractivity contribution in [2.75, 3.05) is 6.54 Å². The number of amides is 1. The molecule has 1 unspecified atom stereocenters. The molecule has 1 aromatic rings. The molecule has 1 atom stereocenters. The molecule has 1 heterocycles. The van der Waals surface area contributed by atoms with E-state index in [0.29, 0.717) is 18.9 Å². The number of hydrogen-bond donors (Lipinski definition) is 2. The predicted octanol–water partition coefficient (Wildman–Crippen LogP) is 0.467. The van der Waals surface area contributed by atoms with Crippen LogP contribution in [0.5, 0.6) is 0 Å². The first kappa shape index (κ1) is 13.1. The molecule has 0 aliphatic heterocycles. The van der Waals surface area contributed by atoms with Crippen molar-refractivity contribution in [2.45, 2.75) is 39.2 Å². The van der Waals surface area contributed by atoms with E-state index in [9.17, 15) is 9.90 Å². The lowest BCUT2D eigenvalue weighted by Crippen LogP contribution is -2.34. The summed E-state index contributed by atoms with van der Waals surface area (Å²) in [7, 11) is 1.88. The highest BCUT2D eigenvalue weighted by Crippen LogP contribution is 2.32. The van der Waals surface area contributed by atoms with Gasteiger partial charge in [-0.2, -0.15) is 5.10 Å². The summed E-state index contributed by atoms with van der Waals surface area (Å²) in [5, 5.41) is 16.8. The summed E-state index contributed by atoms with van der Waals surface area (Å²) in [6.07, 6.45) is 2.11. The minimum Gasteiger partial charge on any atom is -0.391 e. The van der Waals surface area contributed by atoms with Crippen LogP contribution in [0.25, 0.3) is 0 Å². The van der Waals surface area contributed by atoms with E-state index in [4.69, 9.17) is 0 Å². The van der Waals surface area contributed by atoms with Crippen LogP contribution in [0.1, 0.15) is 29.8 Å². The molecule has 5 heteroatoms. The Bertz CT molecular complexity index is 449. The molecular weight excluding hydrogens is 230 g/mol. The second kappa shape index (κ2) is 5.10. The van der Waals surface area contributed by atoms with E-state index in [1.54, 1.807) is 4.68 Å². The van der Waals surface area contributed by atoms with Gasteiger partial charge in [0.05, 0.1) is 18.2 Å². The van der Waals surface area contributed by atoms with Crippen molar-refractivity contribution >= 4 is 5.91 Å². The predicted molar refractivity (Wildman–Crippen MR) is 68.1 cm³/mol. The monoisotopic (exact) mass is 251 g/mol. The fourth-order valence-electron chi connectivity index (χ4n) is 2.16. The topological polar surface area (TPSA) is 67.2 Å². The number of nitrogens with zero attached hydrogens (tertiary/aromatic N) is 2. The summed E-state index contributed by atoms with van der Waals surface area (Å²) in [4.78, 5) is 11.8. The molecule has 0 saturated heterocycles. The summed E-state index contributed by atoms with van der Waals surface area (Å²) in [5.41, 5.74) is 2.90. The molecule has 0 aromatic carbocycles. The Balaban J connectivity index is 1.86. The van der Waals surface area contributed by atoms with Gasteiger partial charge in [-0.1, -0.05) is 0 Å². The number of aliphatic hydroxyl groups excluding tert-OH is 1. The highest BCUT2D eigenvalue weighted by molar-refractivity contribution is 5.79. The molecule has 1 amide bonds. The smallest absolute Gasteiger partial charge is 0.224 e.